The lowest BCUT2D eigenvalue weighted by atomic mass is 9.91. The van der Waals surface area contributed by atoms with Crippen molar-refractivity contribution in [1.82, 2.24) is 5.32 Å². The second kappa shape index (κ2) is 6.79. The zero-order valence-electron chi connectivity index (χ0n) is 13.2. The van der Waals surface area contributed by atoms with Crippen molar-refractivity contribution in [1.29, 1.82) is 0 Å². The fraction of sp³-hybridized carbons (Fsp3) is 0.625. The van der Waals surface area contributed by atoms with Crippen LogP contribution in [0.1, 0.15) is 26.7 Å². The number of para-hydroxylation sites is 1. The topological polar surface area (TPSA) is 49.4 Å². The highest BCUT2D eigenvalue weighted by molar-refractivity contribution is 7.90. The van der Waals surface area contributed by atoms with E-state index in [1.165, 1.54) is 12.7 Å². The van der Waals surface area contributed by atoms with Crippen LogP contribution in [-0.4, -0.2) is 40.3 Å². The summed E-state index contributed by atoms with van der Waals surface area (Å²) in [4.78, 5) is 2.68. The number of hydrogen-bond acceptors (Lipinski definition) is 4. The number of rotatable bonds is 5. The Hall–Kier alpha value is -1.07. The highest BCUT2D eigenvalue weighted by Crippen LogP contribution is 2.30. The molecule has 0 radical (unpaired) electrons. The van der Waals surface area contributed by atoms with Gasteiger partial charge >= 0.3 is 0 Å². The zero-order valence-corrected chi connectivity index (χ0v) is 14.0. The van der Waals surface area contributed by atoms with E-state index < -0.39 is 9.84 Å². The van der Waals surface area contributed by atoms with Gasteiger partial charge in [-0.15, -0.1) is 0 Å². The summed E-state index contributed by atoms with van der Waals surface area (Å²) in [7, 11) is -3.19. The Morgan fingerprint density at radius 2 is 2.10 bits per heavy atom. The van der Waals surface area contributed by atoms with Crippen molar-refractivity contribution < 1.29 is 8.42 Å². The molecular weight excluding hydrogens is 284 g/mol. The zero-order chi connectivity index (χ0) is 15.5. The summed E-state index contributed by atoms with van der Waals surface area (Å²) in [5.41, 5.74) is 0.855. The molecule has 0 amide bonds. The van der Waals surface area contributed by atoms with Gasteiger partial charge in [0.05, 0.1) is 10.6 Å². The van der Waals surface area contributed by atoms with Crippen LogP contribution >= 0.6 is 0 Å². The van der Waals surface area contributed by atoms with Gasteiger partial charge in [0.15, 0.2) is 9.84 Å². The van der Waals surface area contributed by atoms with E-state index in [0.29, 0.717) is 16.9 Å². The van der Waals surface area contributed by atoms with Crippen molar-refractivity contribution in [2.75, 3.05) is 30.8 Å². The van der Waals surface area contributed by atoms with E-state index in [-0.39, 0.29) is 0 Å². The molecule has 1 aromatic rings. The molecule has 0 spiro atoms. The quantitative estimate of drug-likeness (QED) is 0.906. The highest BCUT2D eigenvalue weighted by Gasteiger charge is 2.26. The number of benzene rings is 1. The summed E-state index contributed by atoms with van der Waals surface area (Å²) in [5, 5.41) is 3.49. The lowest BCUT2D eigenvalue weighted by molar-refractivity contribution is 0.323. The summed E-state index contributed by atoms with van der Waals surface area (Å²) < 4.78 is 24.0. The molecule has 0 saturated carbocycles. The van der Waals surface area contributed by atoms with E-state index in [2.05, 4.69) is 24.1 Å². The molecular formula is C16H26N2O2S. The molecule has 1 aliphatic heterocycles. The van der Waals surface area contributed by atoms with Crippen LogP contribution in [-0.2, 0) is 9.84 Å². The lowest BCUT2D eigenvalue weighted by Gasteiger charge is -2.38. The predicted molar refractivity (Wildman–Crippen MR) is 87.6 cm³/mol. The van der Waals surface area contributed by atoms with Gasteiger partial charge in [-0.3, -0.25) is 0 Å². The summed E-state index contributed by atoms with van der Waals surface area (Å²) in [6, 6.07) is 7.81. The van der Waals surface area contributed by atoms with Crippen LogP contribution in [0.2, 0.25) is 0 Å². The first kappa shape index (κ1) is 16.3. The summed E-state index contributed by atoms with van der Waals surface area (Å²) >= 11 is 0. The fourth-order valence-electron chi connectivity index (χ4n) is 3.16. The minimum Gasteiger partial charge on any atom is -0.370 e. The molecule has 2 atom stereocenters. The van der Waals surface area contributed by atoms with Crippen molar-refractivity contribution in [3.05, 3.63) is 24.3 Å². The van der Waals surface area contributed by atoms with Crippen LogP contribution in [0.25, 0.3) is 0 Å². The molecule has 4 nitrogen and oxygen atoms in total. The van der Waals surface area contributed by atoms with Gasteiger partial charge in [-0.2, -0.15) is 0 Å². The first-order valence-corrected chi connectivity index (χ1v) is 9.60. The van der Waals surface area contributed by atoms with Gasteiger partial charge in [0.25, 0.3) is 0 Å². The Bertz CT molecular complexity index is 571. The first-order valence-electron chi connectivity index (χ1n) is 7.71. The van der Waals surface area contributed by atoms with Gasteiger partial charge in [-0.05, 0) is 44.4 Å². The minimum absolute atomic E-state index is 0.446. The Kier molecular flexibility index (Phi) is 5.27. The highest BCUT2D eigenvalue weighted by atomic mass is 32.2. The van der Waals surface area contributed by atoms with E-state index in [0.717, 1.165) is 31.7 Å². The van der Waals surface area contributed by atoms with Crippen LogP contribution in [0.5, 0.6) is 0 Å². The molecule has 1 aliphatic rings. The molecule has 1 heterocycles. The van der Waals surface area contributed by atoms with Crippen molar-refractivity contribution in [3.63, 3.8) is 0 Å². The molecule has 2 rings (SSSR count). The number of nitrogens with zero attached hydrogens (tertiary/aromatic N) is 1. The maximum Gasteiger partial charge on any atom is 0.177 e. The lowest BCUT2D eigenvalue weighted by Crippen LogP contribution is -2.44. The smallest absolute Gasteiger partial charge is 0.177 e. The second-order valence-corrected chi connectivity index (χ2v) is 7.92. The van der Waals surface area contributed by atoms with Gasteiger partial charge in [0, 0.05) is 25.4 Å². The van der Waals surface area contributed by atoms with Crippen LogP contribution < -0.4 is 10.2 Å². The van der Waals surface area contributed by atoms with Crippen LogP contribution in [0.4, 0.5) is 5.69 Å². The van der Waals surface area contributed by atoms with Gasteiger partial charge in [-0.1, -0.05) is 19.1 Å². The number of piperidine rings is 1. The summed E-state index contributed by atoms with van der Waals surface area (Å²) in [6.07, 6.45) is 3.60. The number of hydrogen-bond donors (Lipinski definition) is 1. The fourth-order valence-corrected chi connectivity index (χ4v) is 4.06. The van der Waals surface area contributed by atoms with E-state index in [4.69, 9.17) is 0 Å². The summed E-state index contributed by atoms with van der Waals surface area (Å²) in [6.45, 7) is 7.16. The van der Waals surface area contributed by atoms with Crippen molar-refractivity contribution in [2.45, 2.75) is 37.6 Å². The molecule has 118 valence electrons. The van der Waals surface area contributed by atoms with Gasteiger partial charge in [0.1, 0.15) is 0 Å². The largest absolute Gasteiger partial charge is 0.370 e. The molecule has 1 saturated heterocycles. The third-order valence-electron chi connectivity index (χ3n) is 4.30. The standard InChI is InChI=1S/C16H26N2O2S/c1-4-17-13(2)14-8-7-11-18(12-14)15-9-5-6-10-16(15)21(3,19)20/h5-6,9-10,13-14,17H,4,7-8,11-12H2,1-3H3. The number of anilines is 1. The van der Waals surface area contributed by atoms with Gasteiger partial charge in [0.2, 0.25) is 0 Å². The third-order valence-corrected chi connectivity index (χ3v) is 5.44. The average molecular weight is 310 g/mol. The molecule has 0 aliphatic carbocycles. The number of nitrogens with one attached hydrogen (secondary N) is 1. The molecule has 0 aromatic heterocycles. The maximum atomic E-state index is 12.0. The Balaban J connectivity index is 2.23. The molecule has 1 aromatic carbocycles. The Morgan fingerprint density at radius 1 is 1.38 bits per heavy atom. The monoisotopic (exact) mass is 310 g/mol. The second-order valence-electron chi connectivity index (χ2n) is 5.93. The summed E-state index contributed by atoms with van der Waals surface area (Å²) in [5.74, 6) is 0.561. The average Bonchev–Trinajstić information content (AvgIpc) is 2.47. The molecule has 1 fully saturated rings. The van der Waals surface area contributed by atoms with E-state index in [1.54, 1.807) is 12.1 Å². The van der Waals surface area contributed by atoms with E-state index >= 15 is 0 Å². The van der Waals surface area contributed by atoms with Crippen molar-refractivity contribution >= 4 is 15.5 Å². The Morgan fingerprint density at radius 3 is 2.76 bits per heavy atom. The van der Waals surface area contributed by atoms with E-state index in [9.17, 15) is 8.42 Å². The SMILES string of the molecule is CCNC(C)C1CCCN(c2ccccc2S(C)(=O)=O)C1. The van der Waals surface area contributed by atoms with Gasteiger partial charge in [-0.25, -0.2) is 8.42 Å². The van der Waals surface area contributed by atoms with Crippen LogP contribution in [0, 0.1) is 5.92 Å². The van der Waals surface area contributed by atoms with Crippen LogP contribution in [0.15, 0.2) is 29.2 Å². The Labute approximate surface area is 128 Å². The molecule has 1 N–H and O–H groups in total. The molecule has 0 bridgehead atoms. The molecule has 5 heteroatoms. The van der Waals surface area contributed by atoms with Crippen molar-refractivity contribution in [3.8, 4) is 0 Å². The van der Waals surface area contributed by atoms with E-state index in [1.807, 2.05) is 12.1 Å². The number of sulfone groups is 1. The first-order chi connectivity index (χ1) is 9.93. The third kappa shape index (κ3) is 3.98. The molecule has 21 heavy (non-hydrogen) atoms. The minimum atomic E-state index is -3.19. The normalized spacial score (nSPS) is 21.3. The van der Waals surface area contributed by atoms with Gasteiger partial charge < -0.3 is 10.2 Å². The van der Waals surface area contributed by atoms with Crippen LogP contribution in [0.3, 0.4) is 0 Å². The predicted octanol–water partition coefficient (Wildman–Crippen LogP) is 2.30. The van der Waals surface area contributed by atoms with Crippen molar-refractivity contribution in [2.24, 2.45) is 5.92 Å². The molecule has 2 unspecified atom stereocenters. The maximum absolute atomic E-state index is 12.0.